The molecule has 0 bridgehead atoms. The van der Waals surface area contributed by atoms with Crippen LogP contribution in [0.25, 0.3) is 0 Å². The van der Waals surface area contributed by atoms with E-state index >= 15 is 0 Å². The van der Waals surface area contributed by atoms with Gasteiger partial charge in [0.25, 0.3) is 0 Å². The number of rotatable bonds is 13. The second kappa shape index (κ2) is 11.6. The van der Waals surface area contributed by atoms with Crippen LogP contribution in [0.3, 0.4) is 0 Å². The van der Waals surface area contributed by atoms with E-state index in [1.807, 2.05) is 0 Å². The minimum absolute atomic E-state index is 0.0295. The molecule has 0 spiro atoms. The molecule has 1 N–H and O–H groups in total. The van der Waals surface area contributed by atoms with Crippen LogP contribution in [0.15, 0.2) is 0 Å². The molecule has 1 unspecified atom stereocenters. The first kappa shape index (κ1) is 17.5. The van der Waals surface area contributed by atoms with Crippen molar-refractivity contribution in [1.29, 1.82) is 0 Å². The van der Waals surface area contributed by atoms with E-state index in [-0.39, 0.29) is 5.54 Å². The zero-order valence-corrected chi connectivity index (χ0v) is 12.8. The van der Waals surface area contributed by atoms with Crippen molar-refractivity contribution < 1.29 is 4.79 Å². The first-order chi connectivity index (χ1) is 8.68. The maximum Gasteiger partial charge on any atom is 0.207 e. The van der Waals surface area contributed by atoms with Gasteiger partial charge in [0.2, 0.25) is 6.41 Å². The summed E-state index contributed by atoms with van der Waals surface area (Å²) in [5, 5.41) is 3.05. The Morgan fingerprint density at radius 1 is 0.833 bits per heavy atom. The number of hydrogen-bond acceptors (Lipinski definition) is 1. The van der Waals surface area contributed by atoms with Crippen LogP contribution < -0.4 is 5.32 Å². The van der Waals surface area contributed by atoms with Gasteiger partial charge in [0.1, 0.15) is 0 Å². The van der Waals surface area contributed by atoms with Crippen LogP contribution in [0.5, 0.6) is 0 Å². The Kier molecular flexibility index (Phi) is 11.2. The molecule has 0 aromatic carbocycles. The molecule has 2 heteroatoms. The molecule has 0 aliphatic rings. The lowest BCUT2D eigenvalue weighted by molar-refractivity contribution is -0.111. The summed E-state index contributed by atoms with van der Waals surface area (Å²) in [6.07, 6.45) is 14.8. The van der Waals surface area contributed by atoms with Crippen LogP contribution in [0.4, 0.5) is 0 Å². The third-order valence-corrected chi connectivity index (χ3v) is 3.82. The highest BCUT2D eigenvalue weighted by atomic mass is 16.1. The lowest BCUT2D eigenvalue weighted by Crippen LogP contribution is -2.41. The van der Waals surface area contributed by atoms with Gasteiger partial charge in [-0.25, -0.2) is 0 Å². The number of amides is 1. The molecule has 108 valence electrons. The van der Waals surface area contributed by atoms with Gasteiger partial charge in [-0.2, -0.15) is 0 Å². The first-order valence-electron chi connectivity index (χ1n) is 7.90. The highest BCUT2D eigenvalue weighted by Gasteiger charge is 2.21. The van der Waals surface area contributed by atoms with Crippen LogP contribution >= 0.6 is 0 Å². The Bertz CT molecular complexity index is 194. The fourth-order valence-corrected chi connectivity index (χ4v) is 2.47. The highest BCUT2D eigenvalue weighted by Crippen LogP contribution is 2.22. The molecular weight excluding hydrogens is 222 g/mol. The lowest BCUT2D eigenvalue weighted by Gasteiger charge is -2.29. The van der Waals surface area contributed by atoms with Crippen molar-refractivity contribution in [3.8, 4) is 0 Å². The van der Waals surface area contributed by atoms with Crippen molar-refractivity contribution in [2.75, 3.05) is 0 Å². The predicted octanol–water partition coefficient (Wildman–Crippen LogP) is 4.82. The Balaban J connectivity index is 3.81. The third-order valence-electron chi connectivity index (χ3n) is 3.82. The van der Waals surface area contributed by atoms with E-state index in [4.69, 9.17) is 0 Å². The summed E-state index contributed by atoms with van der Waals surface area (Å²) >= 11 is 0. The first-order valence-corrected chi connectivity index (χ1v) is 7.90. The summed E-state index contributed by atoms with van der Waals surface area (Å²) < 4.78 is 0. The normalized spacial score (nSPS) is 14.2. The molecule has 0 saturated heterocycles. The van der Waals surface area contributed by atoms with Gasteiger partial charge in [-0.05, 0) is 19.8 Å². The molecule has 1 amide bonds. The average molecular weight is 255 g/mol. The van der Waals surface area contributed by atoms with E-state index < -0.39 is 0 Å². The van der Waals surface area contributed by atoms with Crippen molar-refractivity contribution >= 4 is 6.41 Å². The van der Waals surface area contributed by atoms with E-state index in [1.54, 1.807) is 0 Å². The molecule has 0 radical (unpaired) electrons. The van der Waals surface area contributed by atoms with E-state index in [9.17, 15) is 4.79 Å². The van der Waals surface area contributed by atoms with Crippen LogP contribution in [0.2, 0.25) is 0 Å². The number of carbonyl (C=O) groups excluding carboxylic acids is 1. The SMILES string of the molecule is CCCCCCCC(C)(CCCCCC)NC=O. The van der Waals surface area contributed by atoms with Gasteiger partial charge < -0.3 is 5.32 Å². The molecule has 0 aliphatic heterocycles. The highest BCUT2D eigenvalue weighted by molar-refractivity contribution is 5.47. The van der Waals surface area contributed by atoms with Gasteiger partial charge in [0.15, 0.2) is 0 Å². The zero-order chi connectivity index (χ0) is 13.7. The van der Waals surface area contributed by atoms with E-state index in [0.29, 0.717) is 0 Å². The van der Waals surface area contributed by atoms with Gasteiger partial charge in [-0.15, -0.1) is 0 Å². The van der Waals surface area contributed by atoms with Crippen molar-refractivity contribution in [3.05, 3.63) is 0 Å². The van der Waals surface area contributed by atoms with Crippen molar-refractivity contribution in [2.45, 2.75) is 96.9 Å². The summed E-state index contributed by atoms with van der Waals surface area (Å²) in [7, 11) is 0. The van der Waals surface area contributed by atoms with E-state index in [0.717, 1.165) is 19.3 Å². The Labute approximate surface area is 114 Å². The molecule has 0 fully saturated rings. The number of carbonyl (C=O) groups is 1. The summed E-state index contributed by atoms with van der Waals surface area (Å²) in [5.74, 6) is 0. The Morgan fingerprint density at radius 3 is 1.72 bits per heavy atom. The average Bonchev–Trinajstić information content (AvgIpc) is 2.35. The summed E-state index contributed by atoms with van der Waals surface area (Å²) in [5.41, 5.74) is 0.0295. The number of unbranched alkanes of at least 4 members (excludes halogenated alkanes) is 7. The largest absolute Gasteiger partial charge is 0.354 e. The second-order valence-electron chi connectivity index (χ2n) is 5.80. The maximum atomic E-state index is 10.7. The van der Waals surface area contributed by atoms with Gasteiger partial charge in [0.05, 0.1) is 0 Å². The topological polar surface area (TPSA) is 29.1 Å². The molecule has 0 aromatic rings. The van der Waals surface area contributed by atoms with Crippen LogP contribution in [0.1, 0.15) is 91.4 Å². The minimum Gasteiger partial charge on any atom is -0.354 e. The number of hydrogen-bond donors (Lipinski definition) is 1. The zero-order valence-electron chi connectivity index (χ0n) is 12.8. The molecular formula is C16H33NO. The monoisotopic (exact) mass is 255 g/mol. The summed E-state index contributed by atoms with van der Waals surface area (Å²) in [6, 6.07) is 0. The van der Waals surface area contributed by atoms with Crippen LogP contribution in [-0.4, -0.2) is 11.9 Å². The van der Waals surface area contributed by atoms with Gasteiger partial charge >= 0.3 is 0 Å². The van der Waals surface area contributed by atoms with E-state index in [1.165, 1.54) is 57.8 Å². The lowest BCUT2D eigenvalue weighted by atomic mass is 9.88. The Hall–Kier alpha value is -0.530. The molecule has 1 atom stereocenters. The molecule has 2 nitrogen and oxygen atoms in total. The minimum atomic E-state index is 0.0295. The van der Waals surface area contributed by atoms with E-state index in [2.05, 4.69) is 26.1 Å². The van der Waals surface area contributed by atoms with Crippen molar-refractivity contribution in [2.24, 2.45) is 0 Å². The molecule has 0 rings (SSSR count). The quantitative estimate of drug-likeness (QED) is 0.371. The van der Waals surface area contributed by atoms with Crippen LogP contribution in [0, 0.1) is 0 Å². The molecule has 0 heterocycles. The molecule has 0 aliphatic carbocycles. The molecule has 0 aromatic heterocycles. The van der Waals surface area contributed by atoms with Gasteiger partial charge in [0, 0.05) is 5.54 Å². The van der Waals surface area contributed by atoms with Gasteiger partial charge in [-0.1, -0.05) is 71.6 Å². The fraction of sp³-hybridized carbons (Fsp3) is 0.938. The standard InChI is InChI=1S/C16H33NO/c1-4-6-8-10-12-14-16(3,17-15-18)13-11-9-7-5-2/h15H,4-14H2,1-3H3,(H,17,18). The van der Waals surface area contributed by atoms with Crippen molar-refractivity contribution in [1.82, 2.24) is 5.32 Å². The predicted molar refractivity (Wildman–Crippen MR) is 79.7 cm³/mol. The summed E-state index contributed by atoms with van der Waals surface area (Å²) in [6.45, 7) is 6.68. The van der Waals surface area contributed by atoms with Gasteiger partial charge in [-0.3, -0.25) is 4.79 Å². The summed E-state index contributed by atoms with van der Waals surface area (Å²) in [4.78, 5) is 10.7. The number of nitrogens with one attached hydrogen (secondary N) is 1. The van der Waals surface area contributed by atoms with Crippen molar-refractivity contribution in [3.63, 3.8) is 0 Å². The fourth-order valence-electron chi connectivity index (χ4n) is 2.47. The Morgan fingerprint density at radius 2 is 1.28 bits per heavy atom. The second-order valence-corrected chi connectivity index (χ2v) is 5.80. The molecule has 18 heavy (non-hydrogen) atoms. The third kappa shape index (κ3) is 9.49. The smallest absolute Gasteiger partial charge is 0.207 e. The van der Waals surface area contributed by atoms with Crippen LogP contribution in [-0.2, 0) is 4.79 Å². The maximum absolute atomic E-state index is 10.7. The molecule has 0 saturated carbocycles.